The Bertz CT molecular complexity index is 606. The van der Waals surface area contributed by atoms with Crippen LogP contribution in [-0.4, -0.2) is 16.2 Å². The number of nitrogens with one attached hydrogen (secondary N) is 1. The molecule has 5 nitrogen and oxygen atoms in total. The summed E-state index contributed by atoms with van der Waals surface area (Å²) in [5, 5.41) is 12.7. The lowest BCUT2D eigenvalue weighted by Crippen LogP contribution is -2.21. The van der Waals surface area contributed by atoms with E-state index in [1.807, 2.05) is 30.3 Å². The maximum atomic E-state index is 11.8. The van der Waals surface area contributed by atoms with E-state index in [0.29, 0.717) is 11.3 Å². The van der Waals surface area contributed by atoms with Gasteiger partial charge in [0.15, 0.2) is 0 Å². The van der Waals surface area contributed by atoms with Gasteiger partial charge in [0, 0.05) is 18.0 Å². The first-order valence-corrected chi connectivity index (χ1v) is 6.61. The third kappa shape index (κ3) is 4.29. The summed E-state index contributed by atoms with van der Waals surface area (Å²) in [6.07, 6.45) is 2.49. The summed E-state index contributed by atoms with van der Waals surface area (Å²) in [5.74, 6) is 0. The monoisotopic (exact) mass is 286 g/mol. The van der Waals surface area contributed by atoms with Gasteiger partial charge in [-0.3, -0.25) is 10.3 Å². The predicted octanol–water partition coefficient (Wildman–Crippen LogP) is 3.06. The van der Waals surface area contributed by atoms with E-state index in [1.165, 1.54) is 6.20 Å². The molecule has 0 aliphatic carbocycles. The molecule has 0 fully saturated rings. The molecule has 2 N–H and O–H groups in total. The Kier molecular flexibility index (Phi) is 4.55. The molecule has 0 saturated heterocycles. The van der Waals surface area contributed by atoms with E-state index in [4.69, 9.17) is 4.74 Å². The number of rotatable bonds is 4. The van der Waals surface area contributed by atoms with Crippen molar-refractivity contribution in [2.45, 2.75) is 26.1 Å². The van der Waals surface area contributed by atoms with Crippen molar-refractivity contribution < 1.29 is 14.6 Å². The van der Waals surface area contributed by atoms with Gasteiger partial charge < -0.3 is 9.84 Å². The smallest absolute Gasteiger partial charge is 0.411 e. The van der Waals surface area contributed by atoms with Crippen molar-refractivity contribution in [3.8, 4) is 0 Å². The Morgan fingerprint density at radius 2 is 2.00 bits per heavy atom. The molecule has 2 aromatic rings. The zero-order valence-corrected chi connectivity index (χ0v) is 12.0. The zero-order valence-electron chi connectivity index (χ0n) is 12.0. The number of pyridine rings is 1. The van der Waals surface area contributed by atoms with E-state index >= 15 is 0 Å². The lowest BCUT2D eigenvalue weighted by atomic mass is 9.99. The minimum Gasteiger partial charge on any atom is -0.444 e. The van der Waals surface area contributed by atoms with Crippen LogP contribution < -0.4 is 5.32 Å². The number of aliphatic hydroxyl groups is 1. The second-order valence-corrected chi connectivity index (χ2v) is 5.17. The minimum atomic E-state index is -1.10. The van der Waals surface area contributed by atoms with Gasteiger partial charge in [0.25, 0.3) is 0 Å². The predicted molar refractivity (Wildman–Crippen MR) is 79.7 cm³/mol. The fourth-order valence-corrected chi connectivity index (χ4v) is 1.86. The van der Waals surface area contributed by atoms with E-state index in [-0.39, 0.29) is 6.61 Å². The summed E-state index contributed by atoms with van der Waals surface area (Å²) >= 11 is 0. The third-order valence-corrected chi connectivity index (χ3v) is 2.93. The molecule has 0 radical (unpaired) electrons. The van der Waals surface area contributed by atoms with Gasteiger partial charge in [-0.05, 0) is 25.5 Å². The highest BCUT2D eigenvalue weighted by Crippen LogP contribution is 2.26. The molecule has 0 aliphatic heterocycles. The third-order valence-electron chi connectivity index (χ3n) is 2.93. The van der Waals surface area contributed by atoms with Crippen LogP contribution in [0.15, 0.2) is 48.8 Å². The van der Waals surface area contributed by atoms with Crippen molar-refractivity contribution >= 4 is 11.8 Å². The first kappa shape index (κ1) is 15.0. The Morgan fingerprint density at radius 1 is 1.29 bits per heavy atom. The number of hydrogen-bond donors (Lipinski definition) is 2. The summed E-state index contributed by atoms with van der Waals surface area (Å²) < 4.78 is 5.15. The second-order valence-electron chi connectivity index (χ2n) is 5.17. The molecule has 2 rings (SSSR count). The molecule has 0 aliphatic rings. The fraction of sp³-hybridized carbons (Fsp3) is 0.250. The van der Waals surface area contributed by atoms with Crippen LogP contribution >= 0.6 is 0 Å². The minimum absolute atomic E-state index is 0.190. The van der Waals surface area contributed by atoms with Gasteiger partial charge in [0.1, 0.15) is 6.61 Å². The number of hydrogen-bond acceptors (Lipinski definition) is 4. The van der Waals surface area contributed by atoms with Crippen LogP contribution in [0.1, 0.15) is 25.0 Å². The summed E-state index contributed by atoms with van der Waals surface area (Å²) in [7, 11) is 0. The molecular formula is C16H18N2O3. The second kappa shape index (κ2) is 6.37. The summed E-state index contributed by atoms with van der Waals surface area (Å²) in [6.45, 7) is 3.45. The first-order valence-electron chi connectivity index (χ1n) is 6.61. The Hall–Kier alpha value is -2.40. The zero-order chi connectivity index (χ0) is 15.3. The number of ether oxygens (including phenoxy) is 1. The van der Waals surface area contributed by atoms with Crippen LogP contribution in [0.3, 0.4) is 0 Å². The molecule has 1 amide bonds. The number of benzene rings is 1. The van der Waals surface area contributed by atoms with Gasteiger partial charge in [0.2, 0.25) is 0 Å². The molecule has 1 heterocycles. The first-order chi connectivity index (χ1) is 9.97. The van der Waals surface area contributed by atoms with E-state index in [2.05, 4.69) is 10.3 Å². The number of carbonyl (C=O) groups excluding carboxylic acids is 1. The molecule has 110 valence electrons. The van der Waals surface area contributed by atoms with Crippen molar-refractivity contribution in [2.24, 2.45) is 0 Å². The highest BCUT2D eigenvalue weighted by atomic mass is 16.5. The van der Waals surface area contributed by atoms with Gasteiger partial charge in [-0.25, -0.2) is 4.79 Å². The number of carbonyl (C=O) groups is 1. The normalized spacial score (nSPS) is 11.0. The highest BCUT2D eigenvalue weighted by molar-refractivity contribution is 5.85. The van der Waals surface area contributed by atoms with Crippen LogP contribution in [0.25, 0.3) is 0 Å². The number of amides is 1. The topological polar surface area (TPSA) is 71.5 Å². The van der Waals surface area contributed by atoms with Crippen LogP contribution in [0.4, 0.5) is 10.5 Å². The standard InChI is InChI=1S/C16H18N2O3/c1-16(2,20)13-10-17-9-8-14(13)18-15(19)21-11-12-6-4-3-5-7-12/h3-10,20H,11H2,1-2H3,(H,17,18,19). The maximum absolute atomic E-state index is 11.8. The van der Waals surface area contributed by atoms with E-state index < -0.39 is 11.7 Å². The average Bonchev–Trinajstić information content (AvgIpc) is 2.46. The molecule has 0 unspecified atom stereocenters. The van der Waals surface area contributed by atoms with Crippen LogP contribution in [0.5, 0.6) is 0 Å². The molecule has 0 bridgehead atoms. The van der Waals surface area contributed by atoms with E-state index in [9.17, 15) is 9.90 Å². The van der Waals surface area contributed by atoms with Crippen molar-refractivity contribution in [1.29, 1.82) is 0 Å². The van der Waals surface area contributed by atoms with Crippen LogP contribution in [-0.2, 0) is 16.9 Å². The van der Waals surface area contributed by atoms with Crippen LogP contribution in [0, 0.1) is 0 Å². The molecule has 0 atom stereocenters. The van der Waals surface area contributed by atoms with E-state index in [1.54, 1.807) is 26.1 Å². The van der Waals surface area contributed by atoms with Crippen molar-refractivity contribution in [1.82, 2.24) is 4.98 Å². The van der Waals surface area contributed by atoms with Crippen molar-refractivity contribution in [3.63, 3.8) is 0 Å². The lowest BCUT2D eigenvalue weighted by Gasteiger charge is -2.21. The highest BCUT2D eigenvalue weighted by Gasteiger charge is 2.21. The van der Waals surface area contributed by atoms with Crippen molar-refractivity contribution in [2.75, 3.05) is 5.32 Å². The summed E-state index contributed by atoms with van der Waals surface area (Å²) in [5.41, 5.74) is 0.818. The summed E-state index contributed by atoms with van der Waals surface area (Å²) in [4.78, 5) is 15.8. The molecule has 1 aromatic carbocycles. The fourth-order valence-electron chi connectivity index (χ4n) is 1.86. The van der Waals surface area contributed by atoms with Crippen LogP contribution in [0.2, 0.25) is 0 Å². The molecule has 5 heteroatoms. The average molecular weight is 286 g/mol. The SMILES string of the molecule is CC(C)(O)c1cnccc1NC(=O)OCc1ccccc1. The Morgan fingerprint density at radius 3 is 2.67 bits per heavy atom. The van der Waals surface area contributed by atoms with Crippen molar-refractivity contribution in [3.05, 3.63) is 59.9 Å². The van der Waals surface area contributed by atoms with E-state index in [0.717, 1.165) is 5.56 Å². The number of aromatic nitrogens is 1. The lowest BCUT2D eigenvalue weighted by molar-refractivity contribution is 0.0789. The van der Waals surface area contributed by atoms with Gasteiger partial charge >= 0.3 is 6.09 Å². The molecule has 0 saturated carbocycles. The Balaban J connectivity index is 2.00. The van der Waals surface area contributed by atoms with Gasteiger partial charge in [-0.2, -0.15) is 0 Å². The Labute approximate surface area is 123 Å². The van der Waals surface area contributed by atoms with Gasteiger partial charge in [-0.15, -0.1) is 0 Å². The molecular weight excluding hydrogens is 268 g/mol. The van der Waals surface area contributed by atoms with Gasteiger partial charge in [-0.1, -0.05) is 30.3 Å². The molecule has 0 spiro atoms. The maximum Gasteiger partial charge on any atom is 0.411 e. The number of nitrogens with zero attached hydrogens (tertiary/aromatic N) is 1. The molecule has 1 aromatic heterocycles. The quantitative estimate of drug-likeness (QED) is 0.906. The molecule has 21 heavy (non-hydrogen) atoms. The number of anilines is 1. The summed E-state index contributed by atoms with van der Waals surface area (Å²) in [6, 6.07) is 11.0. The van der Waals surface area contributed by atoms with Gasteiger partial charge in [0.05, 0.1) is 11.3 Å². The largest absolute Gasteiger partial charge is 0.444 e.